The largest absolute Gasteiger partial charge is 0.494 e. The highest BCUT2D eigenvalue weighted by Crippen LogP contribution is 2.33. The summed E-state index contributed by atoms with van der Waals surface area (Å²) < 4.78 is 5.72. The highest BCUT2D eigenvalue weighted by atomic mass is 16.5. The Kier molecular flexibility index (Phi) is 4.82. The summed E-state index contributed by atoms with van der Waals surface area (Å²) >= 11 is 0. The molecule has 0 aliphatic heterocycles. The number of hydrogen-bond acceptors (Lipinski definition) is 1. The molecule has 0 saturated carbocycles. The van der Waals surface area contributed by atoms with Crippen molar-refractivity contribution in [1.82, 2.24) is 0 Å². The summed E-state index contributed by atoms with van der Waals surface area (Å²) in [5.41, 5.74) is 2.92. The zero-order valence-corrected chi connectivity index (χ0v) is 13.8. The topological polar surface area (TPSA) is 9.23 Å². The summed E-state index contributed by atoms with van der Waals surface area (Å²) in [5, 5.41) is 2.57. The molecule has 22 heavy (non-hydrogen) atoms. The minimum atomic E-state index is 0.787. The van der Waals surface area contributed by atoms with Crippen LogP contribution in [-0.2, 0) is 0 Å². The van der Waals surface area contributed by atoms with E-state index in [-0.39, 0.29) is 0 Å². The predicted octanol–water partition coefficient (Wildman–Crippen LogP) is 6.22. The van der Waals surface area contributed by atoms with E-state index in [0.717, 1.165) is 24.7 Å². The van der Waals surface area contributed by atoms with E-state index in [4.69, 9.17) is 4.74 Å². The Morgan fingerprint density at radius 3 is 2.59 bits per heavy atom. The minimum Gasteiger partial charge on any atom is -0.494 e. The maximum absolute atomic E-state index is 5.72. The number of allylic oxidation sites excluding steroid dienone is 2. The van der Waals surface area contributed by atoms with Crippen LogP contribution in [0, 0.1) is 5.92 Å². The van der Waals surface area contributed by atoms with Crippen LogP contribution in [0.5, 0.6) is 5.75 Å². The molecular formula is C21H26O. The molecule has 0 N–H and O–H groups in total. The van der Waals surface area contributed by atoms with Crippen molar-refractivity contribution in [3.05, 3.63) is 48.0 Å². The Bertz CT molecular complexity index is 669. The third-order valence-corrected chi connectivity index (χ3v) is 4.75. The summed E-state index contributed by atoms with van der Waals surface area (Å²) in [4.78, 5) is 0. The quantitative estimate of drug-likeness (QED) is 0.636. The van der Waals surface area contributed by atoms with Crippen molar-refractivity contribution in [3.63, 3.8) is 0 Å². The predicted molar refractivity (Wildman–Crippen MR) is 95.3 cm³/mol. The van der Waals surface area contributed by atoms with E-state index in [1.807, 2.05) is 0 Å². The summed E-state index contributed by atoms with van der Waals surface area (Å²) in [6.07, 6.45) is 8.61. The van der Waals surface area contributed by atoms with Crippen LogP contribution in [-0.4, -0.2) is 6.61 Å². The molecule has 0 bridgehead atoms. The van der Waals surface area contributed by atoms with Crippen LogP contribution in [0.25, 0.3) is 16.3 Å². The van der Waals surface area contributed by atoms with Crippen molar-refractivity contribution < 1.29 is 4.74 Å². The van der Waals surface area contributed by atoms with E-state index >= 15 is 0 Å². The van der Waals surface area contributed by atoms with Crippen LogP contribution < -0.4 is 4.74 Å². The van der Waals surface area contributed by atoms with Crippen molar-refractivity contribution in [1.29, 1.82) is 0 Å². The monoisotopic (exact) mass is 294 g/mol. The molecule has 3 rings (SSSR count). The van der Waals surface area contributed by atoms with Crippen LogP contribution >= 0.6 is 0 Å². The molecule has 0 fully saturated rings. The highest BCUT2D eigenvalue weighted by Gasteiger charge is 2.14. The van der Waals surface area contributed by atoms with Crippen LogP contribution in [0.4, 0.5) is 0 Å². The molecule has 0 amide bonds. The van der Waals surface area contributed by atoms with E-state index in [9.17, 15) is 0 Å². The van der Waals surface area contributed by atoms with Gasteiger partial charge in [-0.2, -0.15) is 0 Å². The van der Waals surface area contributed by atoms with Crippen molar-refractivity contribution in [2.24, 2.45) is 5.92 Å². The maximum Gasteiger partial charge on any atom is 0.119 e. The molecule has 1 unspecified atom stereocenters. The van der Waals surface area contributed by atoms with Gasteiger partial charge in [-0.1, -0.05) is 44.5 Å². The zero-order valence-electron chi connectivity index (χ0n) is 13.8. The van der Waals surface area contributed by atoms with Crippen LogP contribution in [0.15, 0.2) is 42.5 Å². The zero-order chi connectivity index (χ0) is 15.4. The molecule has 0 spiro atoms. The van der Waals surface area contributed by atoms with Crippen LogP contribution in [0.2, 0.25) is 0 Å². The van der Waals surface area contributed by atoms with Gasteiger partial charge in [0, 0.05) is 0 Å². The van der Waals surface area contributed by atoms with Gasteiger partial charge in [0.1, 0.15) is 5.75 Å². The molecule has 0 heterocycles. The van der Waals surface area contributed by atoms with E-state index < -0.39 is 0 Å². The first-order chi connectivity index (χ1) is 10.8. The van der Waals surface area contributed by atoms with Gasteiger partial charge in [-0.05, 0) is 71.7 Å². The first-order valence-electron chi connectivity index (χ1n) is 8.66. The smallest absolute Gasteiger partial charge is 0.119 e. The lowest BCUT2D eigenvalue weighted by Gasteiger charge is -2.21. The van der Waals surface area contributed by atoms with Gasteiger partial charge in [0.15, 0.2) is 0 Å². The second-order valence-corrected chi connectivity index (χ2v) is 6.35. The molecule has 0 aromatic heterocycles. The number of rotatable bonds is 5. The van der Waals surface area contributed by atoms with Crippen molar-refractivity contribution in [2.75, 3.05) is 6.61 Å². The van der Waals surface area contributed by atoms with E-state index in [1.165, 1.54) is 47.6 Å². The molecule has 1 nitrogen and oxygen atoms in total. The lowest BCUT2D eigenvalue weighted by atomic mass is 9.85. The van der Waals surface area contributed by atoms with Gasteiger partial charge in [0.25, 0.3) is 0 Å². The lowest BCUT2D eigenvalue weighted by Crippen LogP contribution is -2.03. The summed E-state index contributed by atoms with van der Waals surface area (Å²) in [7, 11) is 0. The normalized spacial score (nSPS) is 18.3. The van der Waals surface area contributed by atoms with Gasteiger partial charge in [-0.25, -0.2) is 0 Å². The first kappa shape index (κ1) is 15.1. The summed E-state index contributed by atoms with van der Waals surface area (Å²) in [5.74, 6) is 1.87. The second kappa shape index (κ2) is 7.00. The number of fused-ring (bicyclic) bond motifs is 1. The lowest BCUT2D eigenvalue weighted by molar-refractivity contribution is 0.318. The van der Waals surface area contributed by atoms with Crippen LogP contribution in [0.3, 0.4) is 0 Å². The van der Waals surface area contributed by atoms with Crippen molar-refractivity contribution >= 4 is 16.3 Å². The second-order valence-electron chi connectivity index (χ2n) is 6.35. The molecule has 1 atom stereocenters. The number of benzene rings is 2. The van der Waals surface area contributed by atoms with Gasteiger partial charge in [-0.15, -0.1) is 0 Å². The summed E-state index contributed by atoms with van der Waals surface area (Å²) in [6.45, 7) is 5.22. The Morgan fingerprint density at radius 1 is 1.05 bits per heavy atom. The van der Waals surface area contributed by atoms with Gasteiger partial charge in [-0.3, -0.25) is 0 Å². The molecule has 1 heteroatoms. The maximum atomic E-state index is 5.72. The van der Waals surface area contributed by atoms with Crippen molar-refractivity contribution in [3.8, 4) is 5.75 Å². The molecule has 2 aromatic rings. The average molecular weight is 294 g/mol. The highest BCUT2D eigenvalue weighted by molar-refractivity contribution is 5.87. The summed E-state index contributed by atoms with van der Waals surface area (Å²) in [6, 6.07) is 13.3. The standard InChI is InChI=1S/C21H26O/c1-3-13-22-21-12-11-19-14-18(9-10-20(19)15-21)17-7-5-16(4-2)6-8-17/h7,9-12,14-16H,3-6,8,13H2,1-2H3. The molecule has 1 aliphatic carbocycles. The van der Waals surface area contributed by atoms with Gasteiger partial charge in [0.2, 0.25) is 0 Å². The van der Waals surface area contributed by atoms with E-state index in [1.54, 1.807) is 0 Å². The van der Waals surface area contributed by atoms with Gasteiger partial charge in [0.05, 0.1) is 6.61 Å². The van der Waals surface area contributed by atoms with Gasteiger partial charge >= 0.3 is 0 Å². The fourth-order valence-electron chi connectivity index (χ4n) is 3.25. The Balaban J connectivity index is 1.83. The van der Waals surface area contributed by atoms with E-state index in [2.05, 4.69) is 56.3 Å². The van der Waals surface area contributed by atoms with E-state index in [0.29, 0.717) is 0 Å². The van der Waals surface area contributed by atoms with Gasteiger partial charge < -0.3 is 4.74 Å². The molecule has 0 saturated heterocycles. The molecule has 2 aromatic carbocycles. The third kappa shape index (κ3) is 3.35. The first-order valence-corrected chi connectivity index (χ1v) is 8.66. The Labute approximate surface area is 134 Å². The molecular weight excluding hydrogens is 268 g/mol. The number of hydrogen-bond donors (Lipinski definition) is 0. The molecule has 0 radical (unpaired) electrons. The number of ether oxygens (including phenoxy) is 1. The minimum absolute atomic E-state index is 0.787. The molecule has 1 aliphatic rings. The molecule has 116 valence electrons. The Hall–Kier alpha value is -1.76. The SMILES string of the molecule is CCCOc1ccc2cc(C3=CCC(CC)CC3)ccc2c1. The average Bonchev–Trinajstić information content (AvgIpc) is 2.59. The Morgan fingerprint density at radius 2 is 1.86 bits per heavy atom. The van der Waals surface area contributed by atoms with Crippen LogP contribution in [0.1, 0.15) is 51.5 Å². The van der Waals surface area contributed by atoms with Crippen molar-refractivity contribution in [2.45, 2.75) is 46.0 Å². The fraction of sp³-hybridized carbons (Fsp3) is 0.429. The third-order valence-electron chi connectivity index (χ3n) is 4.75. The fourth-order valence-corrected chi connectivity index (χ4v) is 3.25.